The van der Waals surface area contributed by atoms with E-state index < -0.39 is 8.15 Å². The molecule has 0 saturated heterocycles. The van der Waals surface area contributed by atoms with E-state index in [1.807, 2.05) is 0 Å². The van der Waals surface area contributed by atoms with Gasteiger partial charge in [0.15, 0.2) is 0 Å². The standard InChI is InChI=1S/C23H29OP.C10H18O2/c1-18-10-8-15-21(18)22-16-9-17-23(22)24-25(19-11-4-2-5-12-19)20-13-6-3-7-14-20;11-9-5-1-3-7(9)8-4-2-6-10(8)12/h2-7,11-14,18,21-23H,8-10,15-17H2,1H3;7-12H,1-6H2/t18-,21?,22?,23?;7-,8-,9+,10+/m01/s1. The summed E-state index contributed by atoms with van der Waals surface area (Å²) >= 11 is 0. The first-order valence-electron chi connectivity index (χ1n) is 15.0. The van der Waals surface area contributed by atoms with Crippen LogP contribution in [0.2, 0.25) is 0 Å². The summed E-state index contributed by atoms with van der Waals surface area (Å²) in [4.78, 5) is 0. The molecule has 0 heterocycles. The highest BCUT2D eigenvalue weighted by Crippen LogP contribution is 2.49. The molecule has 4 fully saturated rings. The Balaban J connectivity index is 0.000000195. The minimum Gasteiger partial charge on any atom is -0.393 e. The van der Waals surface area contributed by atoms with E-state index in [4.69, 9.17) is 4.52 Å². The minimum atomic E-state index is -0.717. The average molecular weight is 523 g/mol. The molecule has 0 amide bonds. The first kappa shape index (κ1) is 27.3. The fraction of sp³-hybridized carbons (Fsp3) is 0.636. The van der Waals surface area contributed by atoms with Crippen molar-refractivity contribution in [1.29, 1.82) is 0 Å². The third-order valence-electron chi connectivity index (χ3n) is 9.82. The van der Waals surface area contributed by atoms with Gasteiger partial charge in [0.2, 0.25) is 0 Å². The molecule has 2 aromatic rings. The molecule has 4 aliphatic rings. The summed E-state index contributed by atoms with van der Waals surface area (Å²) in [5.41, 5.74) is 0. The Morgan fingerprint density at radius 3 is 1.49 bits per heavy atom. The molecule has 0 radical (unpaired) electrons. The van der Waals surface area contributed by atoms with Crippen LogP contribution in [0, 0.1) is 29.6 Å². The number of benzene rings is 2. The summed E-state index contributed by atoms with van der Waals surface area (Å²) in [7, 11) is -0.717. The molecule has 0 aliphatic heterocycles. The van der Waals surface area contributed by atoms with E-state index in [1.54, 1.807) is 0 Å². The van der Waals surface area contributed by atoms with Crippen molar-refractivity contribution in [3.8, 4) is 0 Å². The number of aliphatic hydroxyl groups excluding tert-OH is 2. The highest BCUT2D eigenvalue weighted by Gasteiger charge is 2.40. The SMILES string of the molecule is C[C@H]1CCCC1C1CCCC1OP(c1ccccc1)c1ccccc1.O[C@H]1CCC[C@@H]1[C@H]1CCC[C@@H]1O. The predicted molar refractivity (Wildman–Crippen MR) is 154 cm³/mol. The first-order valence-corrected chi connectivity index (χ1v) is 16.3. The maximum absolute atomic E-state index is 9.66. The third kappa shape index (κ3) is 6.67. The summed E-state index contributed by atoms with van der Waals surface area (Å²) in [6.45, 7) is 2.46. The van der Waals surface area contributed by atoms with Crippen LogP contribution in [-0.2, 0) is 4.52 Å². The molecule has 3 nitrogen and oxygen atoms in total. The zero-order valence-electron chi connectivity index (χ0n) is 22.6. The molecule has 0 bridgehead atoms. The van der Waals surface area contributed by atoms with Crippen LogP contribution in [0.3, 0.4) is 0 Å². The number of aliphatic hydroxyl groups is 2. The Morgan fingerprint density at radius 2 is 1.03 bits per heavy atom. The van der Waals surface area contributed by atoms with Gasteiger partial charge < -0.3 is 14.7 Å². The molecule has 2 N–H and O–H groups in total. The maximum atomic E-state index is 9.66. The molecular formula is C33H47O3P. The lowest BCUT2D eigenvalue weighted by molar-refractivity contribution is 0.0398. The van der Waals surface area contributed by atoms with Gasteiger partial charge >= 0.3 is 0 Å². The van der Waals surface area contributed by atoms with E-state index in [2.05, 4.69) is 67.6 Å². The van der Waals surface area contributed by atoms with Gasteiger partial charge in [0.05, 0.1) is 26.5 Å². The predicted octanol–water partition coefficient (Wildman–Crippen LogP) is 6.96. The van der Waals surface area contributed by atoms with Crippen molar-refractivity contribution in [2.75, 3.05) is 0 Å². The van der Waals surface area contributed by atoms with Gasteiger partial charge in [0, 0.05) is 10.6 Å². The van der Waals surface area contributed by atoms with Crippen molar-refractivity contribution >= 4 is 18.8 Å². The summed E-state index contributed by atoms with van der Waals surface area (Å²) in [5, 5.41) is 22.0. The Bertz CT molecular complexity index is 880. The number of hydrogen-bond donors (Lipinski definition) is 2. The minimum absolute atomic E-state index is 0.122. The van der Waals surface area contributed by atoms with Gasteiger partial charge in [-0.05, 0) is 74.5 Å². The maximum Gasteiger partial charge on any atom is 0.0921 e. The van der Waals surface area contributed by atoms with Crippen molar-refractivity contribution in [3.63, 3.8) is 0 Å². The number of rotatable bonds is 6. The molecule has 0 aromatic heterocycles. The monoisotopic (exact) mass is 522 g/mol. The summed E-state index contributed by atoms with van der Waals surface area (Å²) in [6, 6.07) is 21.7. The lowest BCUT2D eigenvalue weighted by Gasteiger charge is -2.31. The number of hydrogen-bond acceptors (Lipinski definition) is 3. The van der Waals surface area contributed by atoms with E-state index in [0.29, 0.717) is 17.9 Å². The van der Waals surface area contributed by atoms with E-state index in [-0.39, 0.29) is 12.2 Å². The summed E-state index contributed by atoms with van der Waals surface area (Å²) in [6.07, 6.45) is 14.9. The highest BCUT2D eigenvalue weighted by molar-refractivity contribution is 7.68. The lowest BCUT2D eigenvalue weighted by Crippen LogP contribution is -2.28. The Labute approximate surface area is 225 Å². The second-order valence-corrected chi connectivity index (χ2v) is 13.9. The zero-order chi connectivity index (χ0) is 25.6. The van der Waals surface area contributed by atoms with Crippen LogP contribution in [0.15, 0.2) is 60.7 Å². The Morgan fingerprint density at radius 1 is 0.568 bits per heavy atom. The quantitative estimate of drug-likeness (QED) is 0.403. The van der Waals surface area contributed by atoms with Gasteiger partial charge in [-0.25, -0.2) is 0 Å². The zero-order valence-corrected chi connectivity index (χ0v) is 23.5. The molecule has 0 spiro atoms. The van der Waals surface area contributed by atoms with Crippen molar-refractivity contribution in [1.82, 2.24) is 0 Å². The normalized spacial score (nSPS) is 35.6. The van der Waals surface area contributed by atoms with Crippen molar-refractivity contribution in [2.24, 2.45) is 29.6 Å². The molecule has 2 aromatic carbocycles. The fourth-order valence-corrected chi connectivity index (χ4v) is 9.82. The smallest absolute Gasteiger partial charge is 0.0921 e. The van der Waals surface area contributed by atoms with Gasteiger partial charge in [-0.2, -0.15) is 0 Å². The van der Waals surface area contributed by atoms with Crippen LogP contribution in [0.4, 0.5) is 0 Å². The van der Waals surface area contributed by atoms with Gasteiger partial charge in [0.1, 0.15) is 0 Å². The van der Waals surface area contributed by atoms with Crippen molar-refractivity contribution < 1.29 is 14.7 Å². The summed E-state index contributed by atoms with van der Waals surface area (Å²) < 4.78 is 6.92. The van der Waals surface area contributed by atoms with E-state index >= 15 is 0 Å². The van der Waals surface area contributed by atoms with E-state index in [1.165, 1.54) is 49.1 Å². The molecule has 8 atom stereocenters. The van der Waals surface area contributed by atoms with Crippen LogP contribution in [0.25, 0.3) is 0 Å². The highest BCUT2D eigenvalue weighted by atomic mass is 31.1. The molecule has 202 valence electrons. The van der Waals surface area contributed by atoms with Gasteiger partial charge in [-0.15, -0.1) is 0 Å². The van der Waals surface area contributed by atoms with Gasteiger partial charge in [-0.1, -0.05) is 99.7 Å². The van der Waals surface area contributed by atoms with Crippen LogP contribution < -0.4 is 10.6 Å². The van der Waals surface area contributed by atoms with Crippen LogP contribution >= 0.6 is 8.15 Å². The van der Waals surface area contributed by atoms with Crippen LogP contribution in [0.5, 0.6) is 0 Å². The summed E-state index contributed by atoms with van der Waals surface area (Å²) in [5.74, 6) is 3.35. The van der Waals surface area contributed by atoms with E-state index in [9.17, 15) is 10.2 Å². The second-order valence-electron chi connectivity index (χ2n) is 12.1. The van der Waals surface area contributed by atoms with Gasteiger partial charge in [-0.3, -0.25) is 0 Å². The van der Waals surface area contributed by atoms with Crippen molar-refractivity contribution in [2.45, 2.75) is 102 Å². The largest absolute Gasteiger partial charge is 0.393 e. The second kappa shape index (κ2) is 13.2. The Kier molecular flexibility index (Phi) is 9.75. The van der Waals surface area contributed by atoms with E-state index in [0.717, 1.165) is 56.3 Å². The molecule has 4 saturated carbocycles. The van der Waals surface area contributed by atoms with Crippen LogP contribution in [0.1, 0.15) is 84.0 Å². The first-order chi connectivity index (χ1) is 18.1. The van der Waals surface area contributed by atoms with Crippen LogP contribution in [-0.4, -0.2) is 28.5 Å². The average Bonchev–Trinajstić information content (AvgIpc) is 3.73. The third-order valence-corrected chi connectivity index (χ3v) is 11.8. The Hall–Kier alpha value is -1.25. The molecule has 4 aliphatic carbocycles. The molecule has 37 heavy (non-hydrogen) atoms. The molecule has 4 heteroatoms. The molecule has 3 unspecified atom stereocenters. The molecule has 6 rings (SSSR count). The molecular weight excluding hydrogens is 475 g/mol. The van der Waals surface area contributed by atoms with Crippen molar-refractivity contribution in [3.05, 3.63) is 60.7 Å². The topological polar surface area (TPSA) is 49.7 Å². The lowest BCUT2D eigenvalue weighted by atomic mass is 9.82. The van der Waals surface area contributed by atoms with Gasteiger partial charge in [0.25, 0.3) is 0 Å². The fourth-order valence-electron chi connectivity index (χ4n) is 7.86.